The molecule has 0 saturated heterocycles. The van der Waals surface area contributed by atoms with E-state index >= 15 is 0 Å². The summed E-state index contributed by atoms with van der Waals surface area (Å²) in [6.07, 6.45) is -2.77. The molecule has 0 radical (unpaired) electrons. The van der Waals surface area contributed by atoms with Crippen LogP contribution in [0.4, 0.5) is 13.2 Å². The molecule has 0 saturated carbocycles. The van der Waals surface area contributed by atoms with Gasteiger partial charge in [0.2, 0.25) is 0 Å². The van der Waals surface area contributed by atoms with Crippen LogP contribution in [0.5, 0.6) is 0 Å². The topological polar surface area (TPSA) is 24.9 Å². The molecule has 96 valence electrons. The standard InChI is InChI=1S/C12H11F3N2S/c1-16-10(11-17-6-7-18-11)8-4-2-3-5-9(8)12(13,14)15/h2-7,10,16H,1H3. The normalized spacial score (nSPS) is 13.6. The largest absolute Gasteiger partial charge is 0.416 e. The molecule has 0 aliphatic rings. The highest BCUT2D eigenvalue weighted by Crippen LogP contribution is 2.36. The van der Waals surface area contributed by atoms with Gasteiger partial charge in [-0.25, -0.2) is 4.98 Å². The van der Waals surface area contributed by atoms with Crippen LogP contribution >= 0.6 is 11.3 Å². The van der Waals surface area contributed by atoms with Crippen molar-refractivity contribution in [2.75, 3.05) is 7.05 Å². The van der Waals surface area contributed by atoms with Crippen molar-refractivity contribution in [3.05, 3.63) is 52.0 Å². The molecule has 0 fully saturated rings. The zero-order chi connectivity index (χ0) is 13.2. The first-order valence-corrected chi connectivity index (χ1v) is 6.14. The molecule has 1 atom stereocenters. The van der Waals surface area contributed by atoms with Gasteiger partial charge in [0.05, 0.1) is 11.6 Å². The Morgan fingerprint density at radius 2 is 2.00 bits per heavy atom. The molecule has 0 amide bonds. The number of aromatic nitrogens is 1. The van der Waals surface area contributed by atoms with E-state index in [1.165, 1.54) is 23.5 Å². The number of thiazole rings is 1. The fourth-order valence-electron chi connectivity index (χ4n) is 1.80. The van der Waals surface area contributed by atoms with Crippen LogP contribution < -0.4 is 5.32 Å². The lowest BCUT2D eigenvalue weighted by molar-refractivity contribution is -0.138. The fourth-order valence-corrected chi connectivity index (χ4v) is 2.56. The zero-order valence-electron chi connectivity index (χ0n) is 9.53. The van der Waals surface area contributed by atoms with Gasteiger partial charge in [0.1, 0.15) is 5.01 Å². The average Bonchev–Trinajstić information content (AvgIpc) is 2.83. The summed E-state index contributed by atoms with van der Waals surface area (Å²) >= 11 is 1.33. The average molecular weight is 272 g/mol. The van der Waals surface area contributed by atoms with E-state index in [1.54, 1.807) is 24.7 Å². The first kappa shape index (κ1) is 13.0. The van der Waals surface area contributed by atoms with E-state index in [2.05, 4.69) is 10.3 Å². The van der Waals surface area contributed by atoms with Crippen LogP contribution in [-0.4, -0.2) is 12.0 Å². The van der Waals surface area contributed by atoms with E-state index in [-0.39, 0.29) is 5.56 Å². The fraction of sp³-hybridized carbons (Fsp3) is 0.250. The molecule has 0 spiro atoms. The summed E-state index contributed by atoms with van der Waals surface area (Å²) in [6.45, 7) is 0. The van der Waals surface area contributed by atoms with E-state index in [0.29, 0.717) is 5.01 Å². The van der Waals surface area contributed by atoms with Crippen molar-refractivity contribution in [2.24, 2.45) is 0 Å². The quantitative estimate of drug-likeness (QED) is 0.925. The maximum absolute atomic E-state index is 12.9. The van der Waals surface area contributed by atoms with Gasteiger partial charge in [0.15, 0.2) is 0 Å². The third kappa shape index (κ3) is 2.54. The molecule has 0 bridgehead atoms. The summed E-state index contributed by atoms with van der Waals surface area (Å²) in [5.41, 5.74) is -0.429. The molecular weight excluding hydrogens is 261 g/mol. The van der Waals surface area contributed by atoms with Crippen LogP contribution in [-0.2, 0) is 6.18 Å². The van der Waals surface area contributed by atoms with Crippen LogP contribution in [0.2, 0.25) is 0 Å². The van der Waals surface area contributed by atoms with Crippen molar-refractivity contribution in [1.29, 1.82) is 0 Å². The minimum Gasteiger partial charge on any atom is -0.307 e. The summed E-state index contributed by atoms with van der Waals surface area (Å²) < 4.78 is 38.8. The second-order valence-corrected chi connectivity index (χ2v) is 4.60. The molecule has 1 heterocycles. The van der Waals surface area contributed by atoms with Crippen LogP contribution in [0.1, 0.15) is 22.2 Å². The summed E-state index contributed by atoms with van der Waals surface area (Å²) in [5, 5.41) is 5.25. The number of hydrogen-bond acceptors (Lipinski definition) is 3. The number of alkyl halides is 3. The van der Waals surface area contributed by atoms with Crippen molar-refractivity contribution >= 4 is 11.3 Å². The van der Waals surface area contributed by atoms with Gasteiger partial charge < -0.3 is 5.32 Å². The number of nitrogens with one attached hydrogen (secondary N) is 1. The second-order valence-electron chi connectivity index (χ2n) is 3.68. The SMILES string of the molecule is CNC(c1nccs1)c1ccccc1C(F)(F)F. The Kier molecular flexibility index (Phi) is 3.68. The summed E-state index contributed by atoms with van der Waals surface area (Å²) in [7, 11) is 1.62. The van der Waals surface area contributed by atoms with Crippen LogP contribution in [0.25, 0.3) is 0 Å². The smallest absolute Gasteiger partial charge is 0.307 e. The highest BCUT2D eigenvalue weighted by molar-refractivity contribution is 7.09. The van der Waals surface area contributed by atoms with Crippen molar-refractivity contribution in [3.8, 4) is 0 Å². The predicted molar refractivity (Wildman–Crippen MR) is 64.5 cm³/mol. The number of benzene rings is 1. The van der Waals surface area contributed by atoms with Crippen LogP contribution in [0.3, 0.4) is 0 Å². The zero-order valence-corrected chi connectivity index (χ0v) is 10.3. The molecule has 2 rings (SSSR count). The Balaban J connectivity index is 2.50. The molecule has 18 heavy (non-hydrogen) atoms. The molecule has 2 aromatic rings. The van der Waals surface area contributed by atoms with Crippen molar-refractivity contribution in [2.45, 2.75) is 12.2 Å². The molecule has 1 unspecified atom stereocenters. The van der Waals surface area contributed by atoms with E-state index in [4.69, 9.17) is 0 Å². The first-order valence-electron chi connectivity index (χ1n) is 5.27. The molecule has 1 aromatic heterocycles. The molecule has 0 aliphatic carbocycles. The van der Waals surface area contributed by atoms with E-state index in [1.807, 2.05) is 0 Å². The first-order chi connectivity index (χ1) is 8.54. The summed E-state index contributed by atoms with van der Waals surface area (Å²) in [4.78, 5) is 4.08. The highest BCUT2D eigenvalue weighted by Gasteiger charge is 2.35. The maximum Gasteiger partial charge on any atom is 0.416 e. The van der Waals surface area contributed by atoms with Gasteiger partial charge in [-0.05, 0) is 18.7 Å². The lowest BCUT2D eigenvalue weighted by Gasteiger charge is -2.19. The third-order valence-electron chi connectivity index (χ3n) is 2.56. The lowest BCUT2D eigenvalue weighted by atomic mass is 10.0. The van der Waals surface area contributed by atoms with E-state index < -0.39 is 17.8 Å². The maximum atomic E-state index is 12.9. The number of hydrogen-bond donors (Lipinski definition) is 1. The van der Waals surface area contributed by atoms with Crippen molar-refractivity contribution in [3.63, 3.8) is 0 Å². The van der Waals surface area contributed by atoms with Crippen LogP contribution in [0, 0.1) is 0 Å². The Labute approximate surface area is 106 Å². The van der Waals surface area contributed by atoms with Gasteiger partial charge in [0, 0.05) is 11.6 Å². The number of rotatable bonds is 3. The molecule has 0 aliphatic heterocycles. The molecular formula is C12H11F3N2S. The lowest BCUT2D eigenvalue weighted by Crippen LogP contribution is -2.21. The minimum absolute atomic E-state index is 0.197. The van der Waals surface area contributed by atoms with E-state index in [9.17, 15) is 13.2 Å². The van der Waals surface area contributed by atoms with Crippen molar-refractivity contribution < 1.29 is 13.2 Å². The van der Waals surface area contributed by atoms with E-state index in [0.717, 1.165) is 6.07 Å². The minimum atomic E-state index is -4.36. The van der Waals surface area contributed by atoms with Gasteiger partial charge >= 0.3 is 6.18 Å². The molecule has 1 aromatic carbocycles. The third-order valence-corrected chi connectivity index (χ3v) is 3.40. The summed E-state index contributed by atoms with van der Waals surface area (Å²) in [5.74, 6) is 0. The Hall–Kier alpha value is -1.40. The van der Waals surface area contributed by atoms with Crippen LogP contribution in [0.15, 0.2) is 35.8 Å². The van der Waals surface area contributed by atoms with Crippen molar-refractivity contribution in [1.82, 2.24) is 10.3 Å². The Morgan fingerprint density at radius 1 is 1.28 bits per heavy atom. The van der Waals surface area contributed by atoms with Gasteiger partial charge in [-0.2, -0.15) is 13.2 Å². The molecule has 2 nitrogen and oxygen atoms in total. The predicted octanol–water partition coefficient (Wildman–Crippen LogP) is 3.47. The Morgan fingerprint density at radius 3 is 2.56 bits per heavy atom. The number of halogens is 3. The number of nitrogens with zero attached hydrogens (tertiary/aromatic N) is 1. The van der Waals surface area contributed by atoms with Gasteiger partial charge in [-0.1, -0.05) is 18.2 Å². The van der Waals surface area contributed by atoms with Gasteiger partial charge in [-0.15, -0.1) is 11.3 Å². The summed E-state index contributed by atoms with van der Waals surface area (Å²) in [6, 6.07) is 5.02. The second kappa shape index (κ2) is 5.07. The van der Waals surface area contributed by atoms with Gasteiger partial charge in [0.25, 0.3) is 0 Å². The van der Waals surface area contributed by atoms with Gasteiger partial charge in [-0.3, -0.25) is 0 Å². The highest BCUT2D eigenvalue weighted by atomic mass is 32.1. The Bertz CT molecular complexity index is 508. The molecule has 6 heteroatoms. The molecule has 1 N–H and O–H groups in total. The monoisotopic (exact) mass is 272 g/mol.